The van der Waals surface area contributed by atoms with Crippen molar-refractivity contribution in [1.82, 2.24) is 35.4 Å². The summed E-state index contributed by atoms with van der Waals surface area (Å²) in [5.74, 6) is 1.47. The zero-order chi connectivity index (χ0) is 47.5. The van der Waals surface area contributed by atoms with Gasteiger partial charge in [0.15, 0.2) is 0 Å². The number of hydrogen-bond donors (Lipinski definition) is 3. The summed E-state index contributed by atoms with van der Waals surface area (Å²) in [7, 11) is 0. The van der Waals surface area contributed by atoms with E-state index in [0.29, 0.717) is 48.1 Å². The molecule has 2 aliphatic heterocycles. The van der Waals surface area contributed by atoms with E-state index >= 15 is 0 Å². The molecular formula is C53H63N7O7. The summed E-state index contributed by atoms with van der Waals surface area (Å²) in [6, 6.07) is 24.6. The van der Waals surface area contributed by atoms with E-state index in [9.17, 15) is 19.2 Å². The van der Waals surface area contributed by atoms with Crippen LogP contribution in [0.2, 0.25) is 0 Å². The number of benzene rings is 3. The minimum atomic E-state index is -0.924. The van der Waals surface area contributed by atoms with Crippen molar-refractivity contribution in [3.05, 3.63) is 138 Å². The highest BCUT2D eigenvalue weighted by atomic mass is 16.6. The van der Waals surface area contributed by atoms with E-state index in [1.807, 2.05) is 71.8 Å². The van der Waals surface area contributed by atoms with Crippen molar-refractivity contribution in [2.24, 2.45) is 0 Å². The van der Waals surface area contributed by atoms with Crippen LogP contribution in [0.15, 0.2) is 108 Å². The quantitative estimate of drug-likeness (QED) is 0.117. The van der Waals surface area contributed by atoms with Gasteiger partial charge >= 0.3 is 12.2 Å². The zero-order valence-corrected chi connectivity index (χ0v) is 39.6. The number of H-pyrrole nitrogens is 1. The Bertz CT molecular complexity index is 2570. The summed E-state index contributed by atoms with van der Waals surface area (Å²) in [6.07, 6.45) is 10.1. The van der Waals surface area contributed by atoms with E-state index in [0.717, 1.165) is 55.4 Å². The van der Waals surface area contributed by atoms with Crippen LogP contribution in [-0.4, -0.2) is 73.0 Å². The van der Waals surface area contributed by atoms with Gasteiger partial charge in [-0.2, -0.15) is 0 Å². The number of nitrogens with one attached hydrogen (secondary N) is 3. The third-order valence-corrected chi connectivity index (χ3v) is 12.8. The molecule has 2 aromatic heterocycles. The van der Waals surface area contributed by atoms with Crippen LogP contribution in [-0.2, 0) is 24.5 Å². The molecule has 0 saturated carbocycles. The van der Waals surface area contributed by atoms with Crippen molar-refractivity contribution in [3.8, 4) is 11.3 Å². The maximum atomic E-state index is 14.2. The molecule has 14 nitrogen and oxygen atoms in total. The van der Waals surface area contributed by atoms with Crippen LogP contribution in [0.5, 0.6) is 0 Å². The van der Waals surface area contributed by atoms with Gasteiger partial charge in [0.25, 0.3) is 11.8 Å². The largest absolute Gasteiger partial charge is 0.444 e. The van der Waals surface area contributed by atoms with Crippen molar-refractivity contribution in [2.75, 3.05) is 13.1 Å². The van der Waals surface area contributed by atoms with Gasteiger partial charge < -0.3 is 39.3 Å². The topological polar surface area (TPSA) is 172 Å². The number of ether oxygens (including phenoxy) is 2. The van der Waals surface area contributed by atoms with E-state index < -0.39 is 35.5 Å². The molecule has 5 aromatic rings. The number of likely N-dealkylation sites (tertiary alicyclic amines) is 2. The number of allylic oxidation sites excluding steroid dienone is 2. The van der Waals surface area contributed by atoms with E-state index in [1.54, 1.807) is 52.6 Å². The van der Waals surface area contributed by atoms with E-state index in [2.05, 4.69) is 52.9 Å². The molecule has 3 aliphatic rings. The van der Waals surface area contributed by atoms with Gasteiger partial charge in [0.1, 0.15) is 40.9 Å². The third kappa shape index (κ3) is 11.0. The summed E-state index contributed by atoms with van der Waals surface area (Å²) in [5, 5.41) is 5.65. The first-order valence-corrected chi connectivity index (χ1v) is 23.5. The fourth-order valence-corrected chi connectivity index (χ4v) is 9.39. The lowest BCUT2D eigenvalue weighted by Gasteiger charge is -2.33. The Hall–Kier alpha value is -6.70. The monoisotopic (exact) mass is 909 g/mol. The van der Waals surface area contributed by atoms with Crippen molar-refractivity contribution in [2.45, 2.75) is 134 Å². The van der Waals surface area contributed by atoms with Gasteiger partial charge in [-0.25, -0.2) is 19.6 Å². The average molecular weight is 910 g/mol. The molecule has 1 aliphatic carbocycles. The van der Waals surface area contributed by atoms with Crippen LogP contribution in [0, 0.1) is 0 Å². The molecule has 4 amide bonds. The van der Waals surface area contributed by atoms with Crippen LogP contribution in [0.25, 0.3) is 16.8 Å². The highest BCUT2D eigenvalue weighted by Gasteiger charge is 2.40. The van der Waals surface area contributed by atoms with Gasteiger partial charge in [0.05, 0.1) is 24.1 Å². The van der Waals surface area contributed by atoms with E-state index in [-0.39, 0.29) is 29.3 Å². The normalized spacial score (nSPS) is 20.7. The molecule has 3 aromatic carbocycles. The fourth-order valence-electron chi connectivity index (χ4n) is 9.39. The number of rotatable bonds is 11. The van der Waals surface area contributed by atoms with Crippen LogP contribution >= 0.6 is 0 Å². The number of aromatic amines is 1. The number of imidazole rings is 1. The number of aromatic nitrogens is 3. The van der Waals surface area contributed by atoms with Crippen molar-refractivity contribution >= 4 is 29.6 Å². The first-order chi connectivity index (χ1) is 31.9. The molecule has 3 N–H and O–H groups in total. The molecule has 0 spiro atoms. The Morgan fingerprint density at radius 1 is 0.731 bits per heavy atom. The summed E-state index contributed by atoms with van der Waals surface area (Å²) < 4.78 is 17.5. The van der Waals surface area contributed by atoms with E-state index in [1.165, 1.54) is 5.56 Å². The van der Waals surface area contributed by atoms with Crippen LogP contribution in [0.4, 0.5) is 9.59 Å². The summed E-state index contributed by atoms with van der Waals surface area (Å²) >= 11 is 0. The predicted molar refractivity (Wildman–Crippen MR) is 254 cm³/mol. The highest BCUT2D eigenvalue weighted by Crippen LogP contribution is 2.43. The van der Waals surface area contributed by atoms with Gasteiger partial charge in [0.2, 0.25) is 5.89 Å². The van der Waals surface area contributed by atoms with Gasteiger partial charge in [-0.15, -0.1) is 0 Å². The Balaban J connectivity index is 0.914. The molecule has 0 bridgehead atoms. The molecular weight excluding hydrogens is 847 g/mol. The lowest BCUT2D eigenvalue weighted by molar-refractivity contribution is -0.135. The van der Waals surface area contributed by atoms with Gasteiger partial charge in [-0.1, -0.05) is 97.9 Å². The number of carbonyl (C=O) groups is 4. The number of nitrogens with zero attached hydrogens (tertiary/aromatic N) is 4. The standard InChI is InChI=1S/C53H63N7O7/c1-51(2,3)66-49(63)57-43(36-16-10-8-11-17-36)47(61)59-30-14-20-40(59)45-54-32-39(56-45)34-22-24-38(25-23-34)53(7)28-26-35(27-29-53)42-33-55-46(65-42)41-21-15-31-60(41)48(62)44(37-18-12-9-13-19-37)58-50(64)67-52(4,5)6/h8-13,16-19,22-26,32-33,40-41,43-44H,14-15,20-21,27-31H2,1-7H3,(H,54,56)(H,57,63)(H,58,64)/t40-,41-,43+,44+,53?/m0/s1. The molecule has 0 radical (unpaired) electrons. The molecule has 2 fully saturated rings. The predicted octanol–water partition coefficient (Wildman–Crippen LogP) is 10.4. The van der Waals surface area contributed by atoms with Crippen molar-refractivity contribution < 1.29 is 33.1 Å². The number of amides is 4. The van der Waals surface area contributed by atoms with Crippen molar-refractivity contribution in [3.63, 3.8) is 0 Å². The molecule has 14 heteroatoms. The Labute approximate surface area is 392 Å². The molecule has 67 heavy (non-hydrogen) atoms. The molecule has 4 heterocycles. The second kappa shape index (κ2) is 19.3. The maximum absolute atomic E-state index is 14.2. The number of alkyl carbamates (subject to hydrolysis) is 2. The summed E-state index contributed by atoms with van der Waals surface area (Å²) in [4.78, 5) is 70.8. The van der Waals surface area contributed by atoms with Gasteiger partial charge in [-0.05, 0) is 120 Å². The highest BCUT2D eigenvalue weighted by molar-refractivity contribution is 5.88. The Kier molecular flexibility index (Phi) is 13.5. The SMILES string of the molecule is CC(C)(C)OC(=O)N[C@@H](C(=O)N1CCC[C@H]1c1ncc(-c2ccc(C3(C)CC=C(c4cnc([C@@H]5CCCN5C(=O)[C@H](NC(=O)OC(C)(C)C)c5ccccc5)o4)CC3)cc2)[nH]1)c1ccccc1. The summed E-state index contributed by atoms with van der Waals surface area (Å²) in [5.41, 5.74) is 4.01. The molecule has 2 saturated heterocycles. The first kappa shape index (κ1) is 46.8. The lowest BCUT2D eigenvalue weighted by Crippen LogP contribution is -2.44. The molecule has 8 rings (SSSR count). The first-order valence-electron chi connectivity index (χ1n) is 23.5. The molecule has 5 atom stereocenters. The van der Waals surface area contributed by atoms with Crippen LogP contribution in [0.3, 0.4) is 0 Å². The van der Waals surface area contributed by atoms with Crippen LogP contribution < -0.4 is 10.6 Å². The smallest absolute Gasteiger partial charge is 0.408 e. The number of hydrogen-bond acceptors (Lipinski definition) is 9. The average Bonchev–Trinajstić information content (AvgIpc) is 4.14. The molecule has 1 unspecified atom stereocenters. The minimum Gasteiger partial charge on any atom is -0.444 e. The Morgan fingerprint density at radius 2 is 1.27 bits per heavy atom. The lowest BCUT2D eigenvalue weighted by atomic mass is 9.71. The van der Waals surface area contributed by atoms with E-state index in [4.69, 9.17) is 23.9 Å². The summed E-state index contributed by atoms with van der Waals surface area (Å²) in [6.45, 7) is 14.1. The second-order valence-electron chi connectivity index (χ2n) is 20.2. The van der Waals surface area contributed by atoms with Crippen LogP contribution in [0.1, 0.15) is 152 Å². The third-order valence-electron chi connectivity index (χ3n) is 12.8. The van der Waals surface area contributed by atoms with Crippen molar-refractivity contribution in [1.29, 1.82) is 0 Å². The number of carbonyl (C=O) groups excluding carboxylic acids is 4. The fraction of sp³-hybridized carbons (Fsp3) is 0.434. The minimum absolute atomic E-state index is 0.0976. The second-order valence-corrected chi connectivity index (χ2v) is 20.2. The molecule has 352 valence electrons. The number of oxazole rings is 1. The maximum Gasteiger partial charge on any atom is 0.408 e. The zero-order valence-electron chi connectivity index (χ0n) is 39.6. The van der Waals surface area contributed by atoms with Gasteiger partial charge in [0, 0.05) is 13.1 Å². The Morgan fingerprint density at radius 3 is 1.79 bits per heavy atom. The van der Waals surface area contributed by atoms with Gasteiger partial charge in [-0.3, -0.25) is 9.59 Å².